The van der Waals surface area contributed by atoms with Gasteiger partial charge in [0.25, 0.3) is 0 Å². The second kappa shape index (κ2) is 6.73. The first kappa shape index (κ1) is 14.8. The molecule has 0 aliphatic heterocycles. The molecule has 0 radical (unpaired) electrons. The Kier molecular flexibility index (Phi) is 5.25. The van der Waals surface area contributed by atoms with Crippen molar-refractivity contribution in [3.8, 4) is 5.75 Å². The first-order valence-corrected chi connectivity index (χ1v) is 7.79. The van der Waals surface area contributed by atoms with E-state index in [2.05, 4.69) is 39.9 Å². The zero-order valence-corrected chi connectivity index (χ0v) is 13.3. The Morgan fingerprint density at radius 3 is 2.68 bits per heavy atom. The van der Waals surface area contributed by atoms with Crippen molar-refractivity contribution >= 4 is 15.9 Å². The monoisotopic (exact) mass is 326 g/mol. The number of hydrogen-bond acceptors (Lipinski definition) is 3. The number of methoxy groups -OCH3 is 1. The number of rotatable bonds is 7. The second-order valence-corrected chi connectivity index (χ2v) is 5.97. The molecular formula is C15H23BrN2O. The number of hydrogen-bond donors (Lipinski definition) is 1. The van der Waals surface area contributed by atoms with E-state index in [0.717, 1.165) is 22.8 Å². The van der Waals surface area contributed by atoms with Gasteiger partial charge in [0.2, 0.25) is 0 Å². The summed E-state index contributed by atoms with van der Waals surface area (Å²) in [5.41, 5.74) is 7.31. The fourth-order valence-corrected chi connectivity index (χ4v) is 3.17. The summed E-state index contributed by atoms with van der Waals surface area (Å²) in [7, 11) is 1.69. The maximum Gasteiger partial charge on any atom is 0.133 e. The quantitative estimate of drug-likeness (QED) is 0.835. The van der Waals surface area contributed by atoms with Crippen LogP contribution in [0.5, 0.6) is 5.75 Å². The van der Waals surface area contributed by atoms with Gasteiger partial charge in [0.1, 0.15) is 5.75 Å². The van der Waals surface area contributed by atoms with Crippen LogP contribution in [-0.2, 0) is 0 Å². The molecule has 2 rings (SSSR count). The molecule has 1 aliphatic carbocycles. The third-order valence-electron chi connectivity index (χ3n) is 3.68. The maximum absolute atomic E-state index is 6.03. The molecule has 1 saturated carbocycles. The first-order valence-electron chi connectivity index (χ1n) is 7.00. The third kappa shape index (κ3) is 3.50. The number of ether oxygens (including phenoxy) is 1. The van der Waals surface area contributed by atoms with Crippen LogP contribution in [0.4, 0.5) is 0 Å². The lowest BCUT2D eigenvalue weighted by Gasteiger charge is -2.31. The summed E-state index contributed by atoms with van der Waals surface area (Å²) in [5.74, 6) is 0.869. The Balaban J connectivity index is 2.22. The van der Waals surface area contributed by atoms with Crippen LogP contribution in [-0.4, -0.2) is 31.1 Å². The molecule has 2 N–H and O–H groups in total. The van der Waals surface area contributed by atoms with E-state index in [1.807, 2.05) is 6.07 Å². The van der Waals surface area contributed by atoms with Crippen molar-refractivity contribution < 1.29 is 4.74 Å². The summed E-state index contributed by atoms with van der Waals surface area (Å²) in [4.78, 5) is 2.56. The molecule has 1 aliphatic rings. The van der Waals surface area contributed by atoms with Crippen LogP contribution in [0.3, 0.4) is 0 Å². The van der Waals surface area contributed by atoms with Crippen molar-refractivity contribution in [3.05, 3.63) is 28.2 Å². The third-order valence-corrected chi connectivity index (χ3v) is 4.30. The van der Waals surface area contributed by atoms with Crippen molar-refractivity contribution in [2.45, 2.75) is 38.3 Å². The van der Waals surface area contributed by atoms with Crippen molar-refractivity contribution in [2.75, 3.05) is 20.2 Å². The van der Waals surface area contributed by atoms with Gasteiger partial charge in [-0.05, 0) is 59.4 Å². The van der Waals surface area contributed by atoms with Gasteiger partial charge in [-0.3, -0.25) is 4.90 Å². The summed E-state index contributed by atoms with van der Waals surface area (Å²) in [5, 5.41) is 0. The van der Waals surface area contributed by atoms with Crippen LogP contribution < -0.4 is 10.5 Å². The minimum Gasteiger partial charge on any atom is -0.496 e. The van der Waals surface area contributed by atoms with E-state index in [9.17, 15) is 0 Å². The molecule has 3 nitrogen and oxygen atoms in total. The van der Waals surface area contributed by atoms with E-state index in [-0.39, 0.29) is 0 Å². The molecule has 0 aromatic heterocycles. The first-order chi connectivity index (χ1) is 9.21. The lowest BCUT2D eigenvalue weighted by atomic mass is 10.0. The Hall–Kier alpha value is -0.580. The van der Waals surface area contributed by atoms with Crippen molar-refractivity contribution in [3.63, 3.8) is 0 Å². The molecule has 19 heavy (non-hydrogen) atoms. The highest BCUT2D eigenvalue weighted by Crippen LogP contribution is 2.36. The highest BCUT2D eigenvalue weighted by Gasteiger charge is 2.33. The van der Waals surface area contributed by atoms with E-state index in [0.29, 0.717) is 12.6 Å². The normalized spacial score (nSPS) is 16.7. The lowest BCUT2D eigenvalue weighted by Crippen LogP contribution is -2.36. The molecule has 4 heteroatoms. The van der Waals surface area contributed by atoms with Crippen LogP contribution in [0.15, 0.2) is 22.7 Å². The smallest absolute Gasteiger partial charge is 0.133 e. The average molecular weight is 327 g/mol. The molecule has 0 bridgehead atoms. The number of nitrogens with zero attached hydrogens (tertiary/aromatic N) is 1. The van der Waals surface area contributed by atoms with Gasteiger partial charge < -0.3 is 10.5 Å². The Morgan fingerprint density at radius 2 is 2.21 bits per heavy atom. The molecule has 0 spiro atoms. The highest BCUT2D eigenvalue weighted by atomic mass is 79.9. The summed E-state index contributed by atoms with van der Waals surface area (Å²) >= 11 is 3.56. The van der Waals surface area contributed by atoms with Gasteiger partial charge in [-0.25, -0.2) is 0 Å². The SMILES string of the molecule is CCCN(C1CC1)C(CN)c1ccc(OC)c(Br)c1. The van der Waals surface area contributed by atoms with E-state index < -0.39 is 0 Å². The van der Waals surface area contributed by atoms with Gasteiger partial charge in [0.05, 0.1) is 11.6 Å². The van der Waals surface area contributed by atoms with Crippen molar-refractivity contribution in [2.24, 2.45) is 5.73 Å². The Labute approximate surface area is 124 Å². The molecule has 106 valence electrons. The summed E-state index contributed by atoms with van der Waals surface area (Å²) in [6, 6.07) is 7.33. The minimum atomic E-state index is 0.314. The molecule has 0 heterocycles. The van der Waals surface area contributed by atoms with E-state index in [4.69, 9.17) is 10.5 Å². The van der Waals surface area contributed by atoms with Crippen LogP contribution in [0.1, 0.15) is 37.8 Å². The standard InChI is InChI=1S/C15H23BrN2O/c1-3-8-18(12-5-6-12)14(10-17)11-4-7-15(19-2)13(16)9-11/h4,7,9,12,14H,3,5-6,8,10,17H2,1-2H3. The zero-order chi connectivity index (χ0) is 13.8. The number of benzene rings is 1. The molecule has 1 fully saturated rings. The Bertz CT molecular complexity index is 421. The summed E-state index contributed by atoms with van der Waals surface area (Å²) in [6.07, 6.45) is 3.80. The predicted molar refractivity (Wildman–Crippen MR) is 82.5 cm³/mol. The minimum absolute atomic E-state index is 0.314. The van der Waals surface area contributed by atoms with Crippen molar-refractivity contribution in [1.29, 1.82) is 0 Å². The van der Waals surface area contributed by atoms with Crippen LogP contribution >= 0.6 is 15.9 Å². The zero-order valence-electron chi connectivity index (χ0n) is 11.7. The molecule has 1 atom stereocenters. The molecular weight excluding hydrogens is 304 g/mol. The van der Waals surface area contributed by atoms with Gasteiger partial charge in [0.15, 0.2) is 0 Å². The van der Waals surface area contributed by atoms with E-state index in [1.54, 1.807) is 7.11 Å². The maximum atomic E-state index is 6.03. The van der Waals surface area contributed by atoms with Crippen LogP contribution in [0, 0.1) is 0 Å². The largest absolute Gasteiger partial charge is 0.496 e. The number of nitrogens with two attached hydrogens (primary N) is 1. The van der Waals surface area contributed by atoms with E-state index in [1.165, 1.54) is 24.8 Å². The predicted octanol–water partition coefficient (Wildman–Crippen LogP) is 3.33. The Morgan fingerprint density at radius 1 is 1.47 bits per heavy atom. The van der Waals surface area contributed by atoms with Gasteiger partial charge in [-0.15, -0.1) is 0 Å². The average Bonchev–Trinajstić information content (AvgIpc) is 3.23. The van der Waals surface area contributed by atoms with Gasteiger partial charge in [0, 0.05) is 18.6 Å². The fraction of sp³-hybridized carbons (Fsp3) is 0.600. The van der Waals surface area contributed by atoms with Crippen molar-refractivity contribution in [1.82, 2.24) is 4.90 Å². The molecule has 1 aromatic carbocycles. The van der Waals surface area contributed by atoms with Crippen LogP contribution in [0.25, 0.3) is 0 Å². The molecule has 1 aromatic rings. The lowest BCUT2D eigenvalue weighted by molar-refractivity contribution is 0.191. The topological polar surface area (TPSA) is 38.5 Å². The fourth-order valence-electron chi connectivity index (χ4n) is 2.61. The van der Waals surface area contributed by atoms with Gasteiger partial charge in [-0.2, -0.15) is 0 Å². The second-order valence-electron chi connectivity index (χ2n) is 5.11. The van der Waals surface area contributed by atoms with Gasteiger partial charge >= 0.3 is 0 Å². The molecule has 0 amide bonds. The van der Waals surface area contributed by atoms with E-state index >= 15 is 0 Å². The summed E-state index contributed by atoms with van der Waals surface area (Å²) < 4.78 is 6.29. The van der Waals surface area contributed by atoms with Crippen LogP contribution in [0.2, 0.25) is 0 Å². The molecule has 1 unspecified atom stereocenters. The summed E-state index contributed by atoms with van der Waals surface area (Å²) in [6.45, 7) is 4.01. The molecule has 0 saturated heterocycles. The number of halogens is 1. The highest BCUT2D eigenvalue weighted by molar-refractivity contribution is 9.10. The van der Waals surface area contributed by atoms with Gasteiger partial charge in [-0.1, -0.05) is 13.0 Å².